The van der Waals surface area contributed by atoms with Gasteiger partial charge in [-0.05, 0) is 61.1 Å². The average Bonchev–Trinajstić information content (AvgIpc) is 2.70. The van der Waals surface area contributed by atoms with Crippen molar-refractivity contribution in [3.63, 3.8) is 0 Å². The maximum Gasteiger partial charge on any atom is 0.264 e. The minimum atomic E-state index is -2.57. The van der Waals surface area contributed by atoms with Crippen LogP contribution in [-0.2, 0) is 11.2 Å². The number of hydrogen-bond donors (Lipinski definition) is 1. The topological polar surface area (TPSA) is 45.2 Å². The molecule has 1 aliphatic rings. The fraction of sp³-hybridized carbons (Fsp3) is 0.478. The highest BCUT2D eigenvalue weighted by Gasteiger charge is 2.26. The molecule has 1 aliphatic heterocycles. The van der Waals surface area contributed by atoms with E-state index in [-0.39, 0.29) is 11.5 Å². The number of aryl methyl sites for hydroxylation is 1. The number of carbonyl (C=O) groups excluding carboxylic acids is 1. The number of rotatable bonds is 7. The second-order valence-corrected chi connectivity index (χ2v) is 7.63. The number of anilines is 2. The van der Waals surface area contributed by atoms with E-state index in [1.165, 1.54) is 6.92 Å². The third kappa shape index (κ3) is 4.74. The number of aromatic nitrogens is 1. The Morgan fingerprint density at radius 1 is 1.28 bits per heavy atom. The van der Waals surface area contributed by atoms with Gasteiger partial charge in [0.15, 0.2) is 0 Å². The molecule has 0 radical (unpaired) electrons. The summed E-state index contributed by atoms with van der Waals surface area (Å²) in [6, 6.07) is 7.37. The number of amides is 1. The van der Waals surface area contributed by atoms with E-state index < -0.39 is 6.43 Å². The number of halogens is 2. The summed E-state index contributed by atoms with van der Waals surface area (Å²) in [5.74, 6) is 0.194. The van der Waals surface area contributed by atoms with Crippen LogP contribution in [0.1, 0.15) is 64.0 Å². The van der Waals surface area contributed by atoms with Gasteiger partial charge in [0.1, 0.15) is 5.82 Å². The van der Waals surface area contributed by atoms with Crippen LogP contribution in [0.25, 0.3) is 11.1 Å². The van der Waals surface area contributed by atoms with Gasteiger partial charge in [-0.15, -0.1) is 0 Å². The molecular weight excluding hydrogens is 372 g/mol. The van der Waals surface area contributed by atoms with Crippen LogP contribution in [0.5, 0.6) is 0 Å². The predicted octanol–water partition coefficient (Wildman–Crippen LogP) is 5.98. The maximum absolute atomic E-state index is 14.0. The second-order valence-electron chi connectivity index (χ2n) is 7.63. The largest absolute Gasteiger partial charge is 0.368 e. The number of fused-ring (bicyclic) bond motifs is 1. The van der Waals surface area contributed by atoms with Gasteiger partial charge in [0, 0.05) is 42.5 Å². The van der Waals surface area contributed by atoms with Gasteiger partial charge in [-0.2, -0.15) is 0 Å². The standard InChI is InChI=1S/C23H29F2N3O/c1-4-7-18(5-2)28-11-6-8-16-12-19(20(23(24)25)13-21(16)28)17-9-10-22(26-14-17)27-15(3)29/h9-10,12-14,18,23H,4-8,11H2,1-3H3,(H,26,27,29). The first-order valence-electron chi connectivity index (χ1n) is 10.4. The first kappa shape index (κ1) is 21.2. The highest BCUT2D eigenvalue weighted by atomic mass is 19.3. The van der Waals surface area contributed by atoms with E-state index in [0.29, 0.717) is 23.0 Å². The number of carbonyl (C=O) groups is 1. The van der Waals surface area contributed by atoms with Crippen molar-refractivity contribution in [3.05, 3.63) is 41.6 Å². The summed E-state index contributed by atoms with van der Waals surface area (Å²) in [6.07, 6.45) is 4.05. The number of pyridine rings is 1. The molecule has 1 aromatic carbocycles. The van der Waals surface area contributed by atoms with Crippen LogP contribution in [0, 0.1) is 0 Å². The Morgan fingerprint density at radius 2 is 2.07 bits per heavy atom. The van der Waals surface area contributed by atoms with Crippen LogP contribution in [0.15, 0.2) is 30.5 Å². The van der Waals surface area contributed by atoms with Gasteiger partial charge in [0.05, 0.1) is 0 Å². The molecule has 1 aromatic heterocycles. The van der Waals surface area contributed by atoms with Crippen LogP contribution in [0.2, 0.25) is 0 Å². The number of hydrogen-bond acceptors (Lipinski definition) is 3. The summed E-state index contributed by atoms with van der Waals surface area (Å²) in [4.78, 5) is 17.7. The lowest BCUT2D eigenvalue weighted by molar-refractivity contribution is -0.114. The Balaban J connectivity index is 2.02. The molecule has 3 rings (SSSR count). The van der Waals surface area contributed by atoms with Gasteiger partial charge >= 0.3 is 0 Å². The summed E-state index contributed by atoms with van der Waals surface area (Å²) < 4.78 is 28.0. The van der Waals surface area contributed by atoms with Crippen LogP contribution in [0.4, 0.5) is 20.3 Å². The van der Waals surface area contributed by atoms with Gasteiger partial charge in [-0.3, -0.25) is 4.79 Å². The Hall–Kier alpha value is -2.50. The molecule has 2 aromatic rings. The van der Waals surface area contributed by atoms with E-state index in [1.807, 2.05) is 6.07 Å². The molecule has 0 aliphatic carbocycles. The lowest BCUT2D eigenvalue weighted by Gasteiger charge is -2.38. The van der Waals surface area contributed by atoms with Gasteiger partial charge in [-0.25, -0.2) is 13.8 Å². The average molecular weight is 402 g/mol. The molecule has 0 fully saturated rings. The van der Waals surface area contributed by atoms with Crippen molar-refractivity contribution in [1.29, 1.82) is 0 Å². The summed E-state index contributed by atoms with van der Waals surface area (Å²) in [6.45, 7) is 6.65. The molecule has 0 saturated heterocycles. The van der Waals surface area contributed by atoms with Crippen molar-refractivity contribution in [1.82, 2.24) is 4.98 Å². The van der Waals surface area contributed by atoms with E-state index in [1.54, 1.807) is 24.4 Å². The first-order valence-corrected chi connectivity index (χ1v) is 10.4. The maximum atomic E-state index is 14.0. The summed E-state index contributed by atoms with van der Waals surface area (Å²) >= 11 is 0. The van der Waals surface area contributed by atoms with Crippen LogP contribution < -0.4 is 10.2 Å². The molecule has 1 atom stereocenters. The molecule has 1 amide bonds. The van der Waals surface area contributed by atoms with E-state index in [4.69, 9.17) is 0 Å². The number of benzene rings is 1. The van der Waals surface area contributed by atoms with E-state index in [0.717, 1.165) is 49.9 Å². The molecule has 4 nitrogen and oxygen atoms in total. The van der Waals surface area contributed by atoms with Crippen molar-refractivity contribution in [3.8, 4) is 11.1 Å². The predicted molar refractivity (Wildman–Crippen MR) is 114 cm³/mol. The lowest BCUT2D eigenvalue weighted by Crippen LogP contribution is -2.38. The number of nitrogens with one attached hydrogen (secondary N) is 1. The van der Waals surface area contributed by atoms with Crippen molar-refractivity contribution in [2.45, 2.75) is 65.3 Å². The Morgan fingerprint density at radius 3 is 2.66 bits per heavy atom. The van der Waals surface area contributed by atoms with Crippen LogP contribution in [0.3, 0.4) is 0 Å². The van der Waals surface area contributed by atoms with Crippen molar-refractivity contribution < 1.29 is 13.6 Å². The zero-order chi connectivity index (χ0) is 21.0. The SMILES string of the molecule is CCCC(CC)N1CCCc2cc(-c3ccc(NC(C)=O)nc3)c(C(F)F)cc21. The molecule has 0 saturated carbocycles. The third-order valence-corrected chi connectivity index (χ3v) is 5.55. The Bertz CT molecular complexity index is 852. The number of alkyl halides is 2. The highest BCUT2D eigenvalue weighted by Crippen LogP contribution is 2.40. The zero-order valence-corrected chi connectivity index (χ0v) is 17.3. The Kier molecular flexibility index (Phi) is 6.83. The van der Waals surface area contributed by atoms with Gasteiger partial charge in [0.2, 0.25) is 5.91 Å². The highest BCUT2D eigenvalue weighted by molar-refractivity contribution is 5.87. The van der Waals surface area contributed by atoms with Crippen LogP contribution >= 0.6 is 0 Å². The van der Waals surface area contributed by atoms with Crippen molar-refractivity contribution >= 4 is 17.4 Å². The molecule has 156 valence electrons. The molecule has 29 heavy (non-hydrogen) atoms. The van der Waals surface area contributed by atoms with Gasteiger partial charge in [0.25, 0.3) is 6.43 Å². The monoisotopic (exact) mass is 401 g/mol. The molecule has 1 N–H and O–H groups in total. The normalized spacial score (nSPS) is 14.6. The van der Waals surface area contributed by atoms with Crippen molar-refractivity contribution in [2.75, 3.05) is 16.8 Å². The first-order chi connectivity index (χ1) is 13.9. The van der Waals surface area contributed by atoms with Gasteiger partial charge in [-0.1, -0.05) is 20.3 Å². The molecular formula is C23H29F2N3O. The molecule has 2 heterocycles. The fourth-order valence-electron chi connectivity index (χ4n) is 4.21. The van der Waals surface area contributed by atoms with E-state index in [2.05, 4.69) is 29.0 Å². The zero-order valence-electron chi connectivity index (χ0n) is 17.3. The summed E-state index contributed by atoms with van der Waals surface area (Å²) in [5.41, 5.74) is 3.27. The third-order valence-electron chi connectivity index (χ3n) is 5.55. The minimum Gasteiger partial charge on any atom is -0.368 e. The van der Waals surface area contributed by atoms with Crippen molar-refractivity contribution in [2.24, 2.45) is 0 Å². The minimum absolute atomic E-state index is 0.0380. The quantitative estimate of drug-likeness (QED) is 0.621. The molecule has 0 spiro atoms. The number of nitrogens with zero attached hydrogens (tertiary/aromatic N) is 2. The molecule has 6 heteroatoms. The van der Waals surface area contributed by atoms with Crippen LogP contribution in [-0.4, -0.2) is 23.5 Å². The summed E-state index contributed by atoms with van der Waals surface area (Å²) in [5, 5.41) is 2.60. The Labute approximate surface area is 171 Å². The fourth-order valence-corrected chi connectivity index (χ4v) is 4.21. The molecule has 1 unspecified atom stereocenters. The summed E-state index contributed by atoms with van der Waals surface area (Å²) in [7, 11) is 0. The second kappa shape index (κ2) is 9.33. The smallest absolute Gasteiger partial charge is 0.264 e. The van der Waals surface area contributed by atoms with E-state index >= 15 is 0 Å². The van der Waals surface area contributed by atoms with Gasteiger partial charge < -0.3 is 10.2 Å². The molecule has 0 bridgehead atoms. The van der Waals surface area contributed by atoms with E-state index in [9.17, 15) is 13.6 Å². The lowest BCUT2D eigenvalue weighted by atomic mass is 9.91.